The summed E-state index contributed by atoms with van der Waals surface area (Å²) in [5.74, 6) is 2.01. The summed E-state index contributed by atoms with van der Waals surface area (Å²) in [5.41, 5.74) is 0. The van der Waals surface area contributed by atoms with Crippen molar-refractivity contribution in [1.29, 1.82) is 0 Å². The molecule has 0 saturated heterocycles. The van der Waals surface area contributed by atoms with Crippen molar-refractivity contribution < 1.29 is 4.39 Å². The van der Waals surface area contributed by atoms with E-state index in [4.69, 9.17) is 0 Å². The summed E-state index contributed by atoms with van der Waals surface area (Å²) in [4.78, 5) is 3.92. The maximum Gasteiger partial charge on any atom is 0.124 e. The second kappa shape index (κ2) is 7.31. The fourth-order valence-electron chi connectivity index (χ4n) is 3.31. The number of hydrogen-bond acceptors (Lipinski definition) is 2. The van der Waals surface area contributed by atoms with Gasteiger partial charge in [0, 0.05) is 0 Å². The van der Waals surface area contributed by atoms with Crippen molar-refractivity contribution in [2.45, 2.75) is 64.1 Å². The molecule has 0 N–H and O–H groups in total. The second-order valence-electron chi connectivity index (χ2n) is 6.28. The van der Waals surface area contributed by atoms with Crippen LogP contribution < -0.4 is 0 Å². The molecule has 3 atom stereocenters. The second-order valence-corrected chi connectivity index (χ2v) is 6.46. The third-order valence-corrected chi connectivity index (χ3v) is 4.82. The molecule has 3 heteroatoms. The van der Waals surface area contributed by atoms with E-state index in [0.717, 1.165) is 24.7 Å². The van der Waals surface area contributed by atoms with E-state index in [2.05, 4.69) is 41.4 Å². The van der Waals surface area contributed by atoms with Gasteiger partial charge >= 0.3 is 0 Å². The van der Waals surface area contributed by atoms with Gasteiger partial charge in [-0.05, 0) is 62.1 Å². The van der Waals surface area contributed by atoms with Gasteiger partial charge < -0.3 is 0 Å². The Kier molecular flexibility index (Phi) is 5.72. The number of halogens is 1. The van der Waals surface area contributed by atoms with E-state index in [1.165, 1.54) is 25.7 Å². The van der Waals surface area contributed by atoms with Gasteiger partial charge in [0.15, 0.2) is 0 Å². The van der Waals surface area contributed by atoms with Crippen LogP contribution in [0, 0.1) is 17.8 Å². The van der Waals surface area contributed by atoms with Crippen molar-refractivity contribution in [2.75, 3.05) is 0 Å². The van der Waals surface area contributed by atoms with Crippen molar-refractivity contribution >= 4 is 17.4 Å². The molecule has 0 aromatic carbocycles. The van der Waals surface area contributed by atoms with Gasteiger partial charge in [-0.2, -0.15) is 0 Å². The van der Waals surface area contributed by atoms with Crippen LogP contribution in [0.1, 0.15) is 51.9 Å². The summed E-state index contributed by atoms with van der Waals surface area (Å²) in [6, 6.07) is -0.238. The molecule has 0 aromatic rings. The Morgan fingerprint density at radius 2 is 1.68 bits per heavy atom. The minimum absolute atomic E-state index is 0.238. The maximum atomic E-state index is 13.9. The molecule has 2 fully saturated rings. The lowest BCUT2D eigenvalue weighted by molar-refractivity contribution is 0.192. The van der Waals surface area contributed by atoms with Crippen molar-refractivity contribution in [2.24, 2.45) is 22.7 Å². The Labute approximate surface area is 121 Å². The molecule has 0 spiro atoms. The SMILES string of the molecule is CC1CCC(/C=C/C2CCC(N=C=S)C(F)C2)CC1. The van der Waals surface area contributed by atoms with Gasteiger partial charge in [0.25, 0.3) is 0 Å². The monoisotopic (exact) mass is 281 g/mol. The first-order valence-electron chi connectivity index (χ1n) is 7.58. The minimum atomic E-state index is -0.842. The van der Waals surface area contributed by atoms with Gasteiger partial charge in [-0.3, -0.25) is 0 Å². The molecule has 106 valence electrons. The van der Waals surface area contributed by atoms with Crippen LogP contribution in [0.2, 0.25) is 0 Å². The highest BCUT2D eigenvalue weighted by molar-refractivity contribution is 7.78. The van der Waals surface area contributed by atoms with Crippen molar-refractivity contribution in [1.82, 2.24) is 0 Å². The summed E-state index contributed by atoms with van der Waals surface area (Å²) >= 11 is 4.56. The number of hydrogen-bond donors (Lipinski definition) is 0. The van der Waals surface area contributed by atoms with Crippen LogP contribution in [-0.2, 0) is 0 Å². The molecular weight excluding hydrogens is 257 g/mol. The third-order valence-electron chi connectivity index (χ3n) is 4.71. The number of allylic oxidation sites excluding steroid dienone is 2. The summed E-state index contributed by atoms with van der Waals surface area (Å²) in [6.07, 6.45) is 11.5. The molecule has 2 rings (SSSR count). The molecule has 19 heavy (non-hydrogen) atoms. The topological polar surface area (TPSA) is 12.4 Å². The summed E-state index contributed by atoms with van der Waals surface area (Å²) < 4.78 is 13.9. The van der Waals surface area contributed by atoms with Crippen LogP contribution in [0.3, 0.4) is 0 Å². The molecular formula is C16H24FNS. The number of aliphatic imine (C=N–C) groups is 1. The maximum absolute atomic E-state index is 13.9. The van der Waals surface area contributed by atoms with E-state index < -0.39 is 6.17 Å². The van der Waals surface area contributed by atoms with Gasteiger partial charge in [-0.25, -0.2) is 9.38 Å². The van der Waals surface area contributed by atoms with E-state index in [-0.39, 0.29) is 6.04 Å². The van der Waals surface area contributed by atoms with Crippen LogP contribution in [0.25, 0.3) is 0 Å². The zero-order valence-corrected chi connectivity index (χ0v) is 12.5. The Morgan fingerprint density at radius 3 is 2.32 bits per heavy atom. The Hall–Kier alpha value is -0.530. The first-order chi connectivity index (χ1) is 9.19. The smallest absolute Gasteiger partial charge is 0.124 e. The highest BCUT2D eigenvalue weighted by atomic mass is 32.1. The number of thiocarbonyl (C=S) groups is 1. The quantitative estimate of drug-likeness (QED) is 0.404. The van der Waals surface area contributed by atoms with Gasteiger partial charge in [0.05, 0.1) is 11.2 Å². The molecule has 1 nitrogen and oxygen atoms in total. The largest absolute Gasteiger partial charge is 0.245 e. The normalized spacial score (nSPS) is 40.0. The Morgan fingerprint density at radius 1 is 1.05 bits per heavy atom. The average Bonchev–Trinajstić information content (AvgIpc) is 2.41. The van der Waals surface area contributed by atoms with E-state index in [9.17, 15) is 4.39 Å². The zero-order valence-electron chi connectivity index (χ0n) is 11.7. The van der Waals surface area contributed by atoms with Gasteiger partial charge in [0.1, 0.15) is 6.17 Å². The van der Waals surface area contributed by atoms with Gasteiger partial charge in [0.2, 0.25) is 0 Å². The fraction of sp³-hybridized carbons (Fsp3) is 0.812. The molecule has 0 aliphatic heterocycles. The standard InChI is InChI=1S/C16H24FNS/c1-12-2-4-13(5-3-12)6-7-14-8-9-16(18-11-19)15(17)10-14/h6-7,12-16H,2-5,8-10H2,1H3/b7-6+. The van der Waals surface area contributed by atoms with Crippen molar-refractivity contribution in [3.63, 3.8) is 0 Å². The lowest BCUT2D eigenvalue weighted by Crippen LogP contribution is -2.28. The lowest BCUT2D eigenvalue weighted by atomic mass is 9.80. The summed E-state index contributed by atoms with van der Waals surface area (Å²) in [6.45, 7) is 2.34. The Bertz CT molecular complexity index is 354. The molecule has 2 aliphatic rings. The molecule has 0 radical (unpaired) electrons. The van der Waals surface area contributed by atoms with Crippen LogP contribution in [0.15, 0.2) is 17.1 Å². The van der Waals surface area contributed by atoms with Crippen LogP contribution in [0.5, 0.6) is 0 Å². The molecule has 0 aromatic heterocycles. The Balaban J connectivity index is 1.79. The van der Waals surface area contributed by atoms with E-state index in [0.29, 0.717) is 12.3 Å². The van der Waals surface area contributed by atoms with Crippen molar-refractivity contribution in [3.05, 3.63) is 12.2 Å². The predicted octanol–water partition coefficient (Wildman–Crippen LogP) is 4.98. The first kappa shape index (κ1) is 14.9. The molecule has 0 bridgehead atoms. The molecule has 3 unspecified atom stereocenters. The summed E-state index contributed by atoms with van der Waals surface area (Å²) in [5, 5.41) is 2.32. The number of isothiocyanates is 1. The van der Waals surface area contributed by atoms with Gasteiger partial charge in [-0.1, -0.05) is 31.9 Å². The van der Waals surface area contributed by atoms with Gasteiger partial charge in [-0.15, -0.1) is 0 Å². The molecule has 2 aliphatic carbocycles. The van der Waals surface area contributed by atoms with Crippen LogP contribution in [-0.4, -0.2) is 17.4 Å². The third kappa shape index (κ3) is 4.50. The zero-order chi connectivity index (χ0) is 13.7. The predicted molar refractivity (Wildman–Crippen MR) is 81.3 cm³/mol. The lowest BCUT2D eigenvalue weighted by Gasteiger charge is -2.28. The van der Waals surface area contributed by atoms with E-state index in [1.54, 1.807) is 0 Å². The number of nitrogens with zero attached hydrogens (tertiary/aromatic N) is 1. The van der Waals surface area contributed by atoms with E-state index >= 15 is 0 Å². The highest BCUT2D eigenvalue weighted by Crippen LogP contribution is 2.32. The van der Waals surface area contributed by atoms with E-state index in [1.807, 2.05) is 0 Å². The highest BCUT2D eigenvalue weighted by Gasteiger charge is 2.29. The molecule has 0 amide bonds. The molecule has 2 saturated carbocycles. The fourth-order valence-corrected chi connectivity index (χ4v) is 3.45. The van der Waals surface area contributed by atoms with Crippen molar-refractivity contribution in [3.8, 4) is 0 Å². The minimum Gasteiger partial charge on any atom is -0.245 e. The number of rotatable bonds is 3. The average molecular weight is 281 g/mol. The summed E-state index contributed by atoms with van der Waals surface area (Å²) in [7, 11) is 0. The van der Waals surface area contributed by atoms with Crippen LogP contribution >= 0.6 is 12.2 Å². The number of alkyl halides is 1. The first-order valence-corrected chi connectivity index (χ1v) is 7.99. The molecule has 0 heterocycles. The van der Waals surface area contributed by atoms with Crippen LogP contribution in [0.4, 0.5) is 4.39 Å².